The summed E-state index contributed by atoms with van der Waals surface area (Å²) in [5.74, 6) is -0.688. The predicted octanol–water partition coefficient (Wildman–Crippen LogP) is -0.993. The number of hydrogen-bond donors (Lipinski definition) is 3. The Labute approximate surface area is 83.7 Å². The Kier molecular flexibility index (Phi) is 6.50. The summed E-state index contributed by atoms with van der Waals surface area (Å²) in [7, 11) is 0. The minimum absolute atomic E-state index is 0.590. The largest absolute Gasteiger partial charge is 0.387 e. The van der Waals surface area contributed by atoms with Crippen molar-refractivity contribution in [2.24, 2.45) is 0 Å². The van der Waals surface area contributed by atoms with Crippen LogP contribution in [0.2, 0.25) is 0 Å². The average Bonchev–Trinajstić information content (AvgIpc) is 2.13. The van der Waals surface area contributed by atoms with Crippen LogP contribution in [0.5, 0.6) is 0 Å². The van der Waals surface area contributed by atoms with Gasteiger partial charge in [-0.3, -0.25) is 13.5 Å². The van der Waals surface area contributed by atoms with E-state index in [0.717, 1.165) is 6.08 Å². The zero-order valence-electron chi connectivity index (χ0n) is 7.49. The molecule has 0 bridgehead atoms. The van der Waals surface area contributed by atoms with Crippen molar-refractivity contribution in [1.82, 2.24) is 0 Å². The van der Waals surface area contributed by atoms with Crippen molar-refractivity contribution in [2.45, 2.75) is 19.1 Å². The lowest BCUT2D eigenvalue weighted by Gasteiger charge is -2.13. The molecule has 3 unspecified atom stereocenters. The predicted molar refractivity (Wildman–Crippen MR) is 48.6 cm³/mol. The third-order valence-corrected chi connectivity index (χ3v) is 1.66. The smallest absolute Gasteiger partial charge is 0.301 e. The van der Waals surface area contributed by atoms with Gasteiger partial charge in [-0.15, -0.1) is 0 Å². The molecule has 0 spiro atoms. The molecule has 82 valence electrons. The summed E-state index contributed by atoms with van der Waals surface area (Å²) in [6.07, 6.45) is -0.669. The number of carbonyl (C=O) groups excluding carboxylic acids is 1. The first kappa shape index (κ1) is 13.4. The quantitative estimate of drug-likeness (QED) is 0.395. The van der Waals surface area contributed by atoms with E-state index in [-0.39, 0.29) is 0 Å². The fourth-order valence-corrected chi connectivity index (χ4v) is 0.927. The lowest BCUT2D eigenvalue weighted by atomic mass is 10.1. The van der Waals surface area contributed by atoms with Gasteiger partial charge in [0.15, 0.2) is 5.78 Å². The highest BCUT2D eigenvalue weighted by Crippen LogP contribution is 1.98. The minimum Gasteiger partial charge on any atom is -0.387 e. The van der Waals surface area contributed by atoms with Crippen LogP contribution in [0.15, 0.2) is 12.2 Å². The van der Waals surface area contributed by atoms with Crippen LogP contribution in [0.25, 0.3) is 0 Å². The summed E-state index contributed by atoms with van der Waals surface area (Å²) in [4.78, 5) is 10.9. The van der Waals surface area contributed by atoms with E-state index < -0.39 is 36.0 Å². The van der Waals surface area contributed by atoms with Gasteiger partial charge in [0.1, 0.15) is 12.2 Å². The normalized spacial score (nSPS) is 18.0. The first-order chi connectivity index (χ1) is 6.49. The SMILES string of the molecule is CC=CC(=O)C(O)C(O)COS(=O)O. The second-order valence-corrected chi connectivity index (χ2v) is 3.09. The summed E-state index contributed by atoms with van der Waals surface area (Å²) in [5.41, 5.74) is 0. The van der Waals surface area contributed by atoms with Gasteiger partial charge in [-0.1, -0.05) is 6.08 Å². The van der Waals surface area contributed by atoms with Crippen LogP contribution >= 0.6 is 0 Å². The lowest BCUT2D eigenvalue weighted by Crippen LogP contribution is -2.36. The molecule has 0 heterocycles. The van der Waals surface area contributed by atoms with Crippen molar-refractivity contribution in [3.63, 3.8) is 0 Å². The van der Waals surface area contributed by atoms with Crippen molar-refractivity contribution in [2.75, 3.05) is 6.61 Å². The number of carbonyl (C=O) groups is 1. The van der Waals surface area contributed by atoms with Crippen molar-refractivity contribution in [3.8, 4) is 0 Å². The molecule has 0 fully saturated rings. The molecule has 6 nitrogen and oxygen atoms in total. The molecule has 3 N–H and O–H groups in total. The van der Waals surface area contributed by atoms with Gasteiger partial charge >= 0.3 is 11.4 Å². The zero-order valence-corrected chi connectivity index (χ0v) is 8.31. The number of ketones is 1. The summed E-state index contributed by atoms with van der Waals surface area (Å²) >= 11 is -2.52. The van der Waals surface area contributed by atoms with Crippen LogP contribution in [-0.4, -0.2) is 43.6 Å². The molecule has 0 saturated carbocycles. The van der Waals surface area contributed by atoms with Crippen molar-refractivity contribution in [1.29, 1.82) is 0 Å². The number of aliphatic hydroxyl groups is 2. The van der Waals surface area contributed by atoms with Gasteiger partial charge < -0.3 is 10.2 Å². The Hall–Kier alpha value is -0.600. The molecule has 0 saturated heterocycles. The van der Waals surface area contributed by atoms with Crippen LogP contribution in [0.3, 0.4) is 0 Å². The Morgan fingerprint density at radius 2 is 2.14 bits per heavy atom. The third kappa shape index (κ3) is 5.20. The van der Waals surface area contributed by atoms with Crippen molar-refractivity contribution < 1.29 is 28.0 Å². The first-order valence-electron chi connectivity index (χ1n) is 3.75. The number of hydrogen-bond acceptors (Lipinski definition) is 5. The van der Waals surface area contributed by atoms with E-state index >= 15 is 0 Å². The maximum absolute atomic E-state index is 10.9. The van der Waals surface area contributed by atoms with Crippen LogP contribution in [0.4, 0.5) is 0 Å². The number of allylic oxidation sites excluding steroid dienone is 1. The van der Waals surface area contributed by atoms with E-state index in [0.29, 0.717) is 0 Å². The second kappa shape index (κ2) is 6.80. The van der Waals surface area contributed by atoms with Gasteiger partial charge in [-0.05, 0) is 13.0 Å². The number of rotatable bonds is 6. The molecule has 7 heteroatoms. The molecule has 0 aromatic carbocycles. The summed E-state index contributed by atoms with van der Waals surface area (Å²) < 4.78 is 22.3. The average molecular weight is 224 g/mol. The molecule has 0 aromatic rings. The molecule has 0 radical (unpaired) electrons. The third-order valence-electron chi connectivity index (χ3n) is 1.33. The molecule has 0 rings (SSSR count). The number of aliphatic hydroxyl groups excluding tert-OH is 2. The highest BCUT2D eigenvalue weighted by atomic mass is 32.2. The molecule has 3 atom stereocenters. The van der Waals surface area contributed by atoms with E-state index in [1.807, 2.05) is 0 Å². The van der Waals surface area contributed by atoms with Crippen molar-refractivity contribution in [3.05, 3.63) is 12.2 Å². The topological polar surface area (TPSA) is 104 Å². The maximum Gasteiger partial charge on any atom is 0.301 e. The summed E-state index contributed by atoms with van der Waals surface area (Å²) in [6, 6.07) is 0. The monoisotopic (exact) mass is 224 g/mol. The molecule has 0 amide bonds. The van der Waals surface area contributed by atoms with Crippen LogP contribution in [0.1, 0.15) is 6.92 Å². The van der Waals surface area contributed by atoms with Crippen LogP contribution in [-0.2, 0) is 20.3 Å². The van der Waals surface area contributed by atoms with E-state index in [9.17, 15) is 9.00 Å². The van der Waals surface area contributed by atoms with Crippen LogP contribution in [0, 0.1) is 0 Å². The van der Waals surface area contributed by atoms with Gasteiger partial charge in [0.05, 0.1) is 6.61 Å². The molecule has 0 aliphatic heterocycles. The van der Waals surface area contributed by atoms with Gasteiger partial charge in [-0.25, -0.2) is 0 Å². The maximum atomic E-state index is 10.9. The standard InChI is InChI=1S/C7H12O6S/c1-2-3-5(8)7(10)6(9)4-13-14(11)12/h2-3,6-7,9-10H,4H2,1H3,(H,11,12). The fourth-order valence-electron chi connectivity index (χ4n) is 0.672. The molecule has 0 aliphatic rings. The molecule has 0 aliphatic carbocycles. The van der Waals surface area contributed by atoms with Crippen LogP contribution < -0.4 is 0 Å². The lowest BCUT2D eigenvalue weighted by molar-refractivity contribution is -0.129. The summed E-state index contributed by atoms with van der Waals surface area (Å²) in [6.45, 7) is 0.990. The Morgan fingerprint density at radius 3 is 2.57 bits per heavy atom. The Bertz CT molecular complexity index is 238. The minimum atomic E-state index is -2.52. The molecular weight excluding hydrogens is 212 g/mol. The van der Waals surface area contributed by atoms with Gasteiger partial charge in [0.2, 0.25) is 0 Å². The Morgan fingerprint density at radius 1 is 1.57 bits per heavy atom. The fraction of sp³-hybridized carbons (Fsp3) is 0.571. The zero-order chi connectivity index (χ0) is 11.1. The molecule has 14 heavy (non-hydrogen) atoms. The summed E-state index contributed by atoms with van der Waals surface area (Å²) in [5, 5.41) is 18.2. The molecule has 0 aromatic heterocycles. The highest BCUT2D eigenvalue weighted by Gasteiger charge is 2.22. The highest BCUT2D eigenvalue weighted by molar-refractivity contribution is 7.74. The van der Waals surface area contributed by atoms with E-state index in [2.05, 4.69) is 4.18 Å². The van der Waals surface area contributed by atoms with Gasteiger partial charge in [0.25, 0.3) is 0 Å². The van der Waals surface area contributed by atoms with Gasteiger partial charge in [-0.2, -0.15) is 4.21 Å². The van der Waals surface area contributed by atoms with Crippen molar-refractivity contribution >= 4 is 17.1 Å². The second-order valence-electron chi connectivity index (χ2n) is 2.42. The van der Waals surface area contributed by atoms with E-state index in [1.165, 1.54) is 6.08 Å². The van der Waals surface area contributed by atoms with E-state index in [1.54, 1.807) is 6.92 Å². The molecular formula is C7H12O6S. The van der Waals surface area contributed by atoms with E-state index in [4.69, 9.17) is 14.8 Å². The van der Waals surface area contributed by atoms with Gasteiger partial charge in [0, 0.05) is 0 Å². The Balaban J connectivity index is 4.04. The first-order valence-corrected chi connectivity index (χ1v) is 4.79.